The van der Waals surface area contributed by atoms with Crippen LogP contribution in [0, 0.1) is 18.6 Å². The molecule has 9 aromatic carbocycles. The summed E-state index contributed by atoms with van der Waals surface area (Å²) in [6.07, 6.45) is 7.48. The van der Waals surface area contributed by atoms with E-state index in [1.165, 1.54) is 108 Å². The van der Waals surface area contributed by atoms with E-state index in [9.17, 15) is 0 Å². The van der Waals surface area contributed by atoms with Crippen LogP contribution in [-0.4, -0.2) is 0 Å². The van der Waals surface area contributed by atoms with Crippen molar-refractivity contribution >= 4 is 91.5 Å². The van der Waals surface area contributed by atoms with Gasteiger partial charge in [-0.1, -0.05) is 155 Å². The number of fused-ring (bicyclic) bond motifs is 15. The molecule has 2 heterocycles. The van der Waals surface area contributed by atoms with E-state index in [-0.39, 0.29) is 23.0 Å². The first-order valence-corrected chi connectivity index (χ1v) is 28.0. The van der Waals surface area contributed by atoms with Crippen LogP contribution in [0.4, 0.5) is 37.2 Å². The molecule has 0 amide bonds. The molecule has 0 radical (unpaired) electrons. The Morgan fingerprint density at radius 2 is 1.03 bits per heavy atom. The van der Waals surface area contributed by atoms with Gasteiger partial charge in [-0.25, -0.2) is 8.78 Å². The number of nitrogens with zero attached hydrogens (tertiary/aromatic N) is 2. The van der Waals surface area contributed by atoms with Gasteiger partial charge in [-0.2, -0.15) is 0 Å². The van der Waals surface area contributed by atoms with Crippen LogP contribution in [0.3, 0.4) is 0 Å². The van der Waals surface area contributed by atoms with Crippen LogP contribution >= 0.6 is 22.7 Å². The number of rotatable bonds is 8. The quantitative estimate of drug-likeness (QED) is 0.150. The van der Waals surface area contributed by atoms with E-state index in [0.717, 1.165) is 53.4 Å². The van der Waals surface area contributed by atoms with Gasteiger partial charge in [0.05, 0.1) is 26.2 Å². The first kappa shape index (κ1) is 45.9. The predicted octanol–water partition coefficient (Wildman–Crippen LogP) is 19.7. The summed E-state index contributed by atoms with van der Waals surface area (Å²) >= 11 is 3.67. The summed E-state index contributed by atoms with van der Waals surface area (Å²) in [6.45, 7) is 11.5. The fourth-order valence-electron chi connectivity index (χ4n) is 13.7. The lowest BCUT2D eigenvalue weighted by atomic mass is 9.54. The zero-order valence-electron chi connectivity index (χ0n) is 42.6. The molecule has 2 atom stereocenters. The third kappa shape index (κ3) is 6.65. The van der Waals surface area contributed by atoms with Crippen LogP contribution in [-0.2, 0) is 23.7 Å². The summed E-state index contributed by atoms with van der Waals surface area (Å²) in [5, 5.41) is 4.90. The third-order valence-corrected chi connectivity index (χ3v) is 19.5. The van der Waals surface area contributed by atoms with E-state index in [2.05, 4.69) is 190 Å². The largest absolute Gasteiger partial charge is 0.309 e. The van der Waals surface area contributed by atoms with Gasteiger partial charge in [0.15, 0.2) is 0 Å². The first-order valence-electron chi connectivity index (χ1n) is 26.3. The molecule has 0 saturated carbocycles. The molecule has 0 bridgehead atoms. The number of anilines is 5. The number of allylic oxidation sites excluding steroid dienone is 3. The van der Waals surface area contributed by atoms with Crippen molar-refractivity contribution in [2.24, 2.45) is 0 Å². The average molecular weight is 1010 g/mol. The van der Waals surface area contributed by atoms with E-state index in [1.54, 1.807) is 12.1 Å². The number of hydrogen-bond donors (Lipinski definition) is 0. The summed E-state index contributed by atoms with van der Waals surface area (Å²) in [6, 6.07) is 63.8. The third-order valence-electron chi connectivity index (χ3n) is 16.9. The molecule has 2 aromatic heterocycles. The lowest BCUT2D eigenvalue weighted by molar-refractivity contribution is 0.548. The van der Waals surface area contributed by atoms with Crippen LogP contribution in [0.5, 0.6) is 0 Å². The minimum Gasteiger partial charge on any atom is -0.309 e. The zero-order valence-corrected chi connectivity index (χ0v) is 44.3. The molecule has 0 N–H and O–H groups in total. The topological polar surface area (TPSA) is 6.48 Å². The van der Waals surface area contributed by atoms with E-state index < -0.39 is 5.41 Å². The zero-order chi connectivity index (χ0) is 50.9. The van der Waals surface area contributed by atoms with Crippen molar-refractivity contribution in [2.45, 2.75) is 70.6 Å². The molecule has 14 rings (SSSR count). The number of aryl methyl sites for hydroxylation is 3. The van der Waals surface area contributed by atoms with Gasteiger partial charge in [0.25, 0.3) is 0 Å². The number of thiophene rings is 2. The van der Waals surface area contributed by atoms with Gasteiger partial charge < -0.3 is 9.80 Å². The van der Waals surface area contributed by atoms with Crippen molar-refractivity contribution in [3.05, 3.63) is 267 Å². The number of hydrogen-bond acceptors (Lipinski definition) is 4. The van der Waals surface area contributed by atoms with Crippen LogP contribution < -0.4 is 9.80 Å². The SMILES string of the molecule is CCc1cccc2c1sc1c(N(C3=CCC4C(=C3)C3(c5cc(N(c6cccc(F)c6)c6cccc7c6sc6c(CC)cccc67)ccc54)c4ccccc4C(C)(C)c4c(C)cccc43)c3cccc(F)c3)cccc12. The summed E-state index contributed by atoms with van der Waals surface area (Å²) in [4.78, 5) is 4.60. The molecule has 3 aliphatic rings. The molecule has 6 heteroatoms. The second-order valence-electron chi connectivity index (χ2n) is 21.1. The minimum absolute atomic E-state index is 0.0307. The van der Waals surface area contributed by atoms with E-state index in [1.807, 2.05) is 46.9 Å². The van der Waals surface area contributed by atoms with Crippen LogP contribution in [0.25, 0.3) is 40.3 Å². The Morgan fingerprint density at radius 3 is 1.64 bits per heavy atom. The highest BCUT2D eigenvalue weighted by Gasteiger charge is 2.57. The Bertz CT molecular complexity index is 4250. The molecular weight excluding hydrogens is 959 g/mol. The molecule has 366 valence electrons. The van der Waals surface area contributed by atoms with Crippen molar-refractivity contribution in [3.8, 4) is 0 Å². The van der Waals surface area contributed by atoms with Crippen LogP contribution in [0.15, 0.2) is 205 Å². The normalized spacial score (nSPS) is 17.2. The Balaban J connectivity index is 1.05. The highest BCUT2D eigenvalue weighted by atomic mass is 32.1. The van der Waals surface area contributed by atoms with Crippen molar-refractivity contribution in [2.75, 3.05) is 9.80 Å². The lowest BCUT2D eigenvalue weighted by Crippen LogP contribution is -2.42. The van der Waals surface area contributed by atoms with Crippen molar-refractivity contribution in [3.63, 3.8) is 0 Å². The Kier molecular flexibility index (Phi) is 10.5. The minimum atomic E-state index is -0.733. The molecule has 75 heavy (non-hydrogen) atoms. The van der Waals surface area contributed by atoms with Crippen molar-refractivity contribution in [1.29, 1.82) is 0 Å². The molecule has 0 aliphatic heterocycles. The second-order valence-corrected chi connectivity index (χ2v) is 23.2. The molecule has 0 fully saturated rings. The van der Waals surface area contributed by atoms with E-state index >= 15 is 8.78 Å². The molecule has 1 spiro atoms. The Morgan fingerprint density at radius 1 is 0.507 bits per heavy atom. The number of benzene rings is 9. The summed E-state index contributed by atoms with van der Waals surface area (Å²) in [5.74, 6) is -0.529. The predicted molar refractivity (Wildman–Crippen MR) is 314 cm³/mol. The highest BCUT2D eigenvalue weighted by molar-refractivity contribution is 7.27. The maximum atomic E-state index is 15.8. The molecule has 3 aliphatic carbocycles. The summed E-state index contributed by atoms with van der Waals surface area (Å²) < 4.78 is 36.5. The standard InChI is InChI=1S/C69H54F2N2S2/c1-6-42-18-11-24-52-54-26-15-31-61(66(54)74-64(42)52)72(46-22-13-20-44(70)37-46)48-33-35-50-51-36-34-49(40-60(51)69(59(50)39-48)57-29-9-8-28-56(57)68(4,5)63-41(3)17-10-30-58(63)69)73(47-23-14-21-45(71)38-47)62-32-16-27-55-53-25-12-19-43(7-2)65(53)75-67(55)62/h8-35,37-40,51H,6-7,36H2,1-5H3. The number of halogens is 2. The van der Waals surface area contributed by atoms with Gasteiger partial charge in [-0.05, 0) is 149 Å². The molecule has 0 saturated heterocycles. The molecule has 11 aromatic rings. The van der Waals surface area contributed by atoms with Gasteiger partial charge in [0, 0.05) is 65.0 Å². The molecule has 2 unspecified atom stereocenters. The fraction of sp³-hybridized carbons (Fsp3) is 0.159. The average Bonchev–Trinajstić information content (AvgIpc) is 4.33. The maximum absolute atomic E-state index is 15.8. The van der Waals surface area contributed by atoms with Crippen molar-refractivity contribution in [1.82, 2.24) is 0 Å². The summed E-state index contributed by atoms with van der Waals surface area (Å²) in [7, 11) is 0. The van der Waals surface area contributed by atoms with Crippen LogP contribution in [0.1, 0.15) is 90.1 Å². The van der Waals surface area contributed by atoms with Gasteiger partial charge in [-0.3, -0.25) is 0 Å². The smallest absolute Gasteiger partial charge is 0.125 e. The second kappa shape index (κ2) is 17.2. The molecular formula is C69H54F2N2S2. The fourth-order valence-corrected chi connectivity index (χ4v) is 16.5. The molecule has 2 nitrogen and oxygen atoms in total. The maximum Gasteiger partial charge on any atom is 0.125 e. The van der Waals surface area contributed by atoms with E-state index in [4.69, 9.17) is 0 Å². The van der Waals surface area contributed by atoms with Crippen molar-refractivity contribution < 1.29 is 8.78 Å². The van der Waals surface area contributed by atoms with Gasteiger partial charge in [0.2, 0.25) is 0 Å². The highest BCUT2D eigenvalue weighted by Crippen LogP contribution is 2.66. The Hall–Kier alpha value is -7.64. The lowest BCUT2D eigenvalue weighted by Gasteiger charge is -2.48. The van der Waals surface area contributed by atoms with Gasteiger partial charge in [0.1, 0.15) is 11.6 Å². The van der Waals surface area contributed by atoms with Crippen LogP contribution in [0.2, 0.25) is 0 Å². The Labute approximate surface area is 445 Å². The summed E-state index contributed by atoms with van der Waals surface area (Å²) in [5.41, 5.74) is 17.4. The first-order chi connectivity index (χ1) is 36.6. The monoisotopic (exact) mass is 1010 g/mol. The van der Waals surface area contributed by atoms with Gasteiger partial charge >= 0.3 is 0 Å². The van der Waals surface area contributed by atoms with E-state index in [0.29, 0.717) is 0 Å². The van der Waals surface area contributed by atoms with Gasteiger partial charge in [-0.15, -0.1) is 22.7 Å².